The monoisotopic (exact) mass is 309 g/mol. The molecule has 1 heterocycles. The lowest BCUT2D eigenvalue weighted by atomic mass is 10.2. The van der Waals surface area contributed by atoms with Gasteiger partial charge in [0, 0.05) is 11.4 Å². The van der Waals surface area contributed by atoms with E-state index in [4.69, 9.17) is 11.6 Å². The number of carbonyl (C=O) groups excluding carboxylic acids is 1. The van der Waals surface area contributed by atoms with Crippen LogP contribution in [0.1, 0.15) is 29.4 Å². The largest absolute Gasteiger partial charge is 0.351 e. The van der Waals surface area contributed by atoms with Gasteiger partial charge in [0.05, 0.1) is 9.21 Å². The van der Waals surface area contributed by atoms with Gasteiger partial charge in [0.15, 0.2) is 0 Å². The van der Waals surface area contributed by atoms with Crippen molar-refractivity contribution in [3.8, 4) is 0 Å². The Kier molecular flexibility index (Phi) is 5.64. The Labute approximate surface area is 107 Å². The van der Waals surface area contributed by atoms with Gasteiger partial charge >= 0.3 is 0 Å². The average Bonchev–Trinajstić information content (AvgIpc) is 2.64. The van der Waals surface area contributed by atoms with E-state index in [1.165, 1.54) is 11.3 Å². The van der Waals surface area contributed by atoms with Crippen molar-refractivity contribution in [2.24, 2.45) is 0 Å². The van der Waals surface area contributed by atoms with E-state index in [0.717, 1.165) is 12.8 Å². The predicted octanol–water partition coefficient (Wildman–Crippen LogP) is 3.69. The van der Waals surface area contributed by atoms with E-state index < -0.39 is 0 Å². The van der Waals surface area contributed by atoms with Crippen LogP contribution in [0, 0.1) is 0 Å². The number of hydrogen-bond acceptors (Lipinski definition) is 2. The van der Waals surface area contributed by atoms with Crippen molar-refractivity contribution in [3.63, 3.8) is 0 Å². The summed E-state index contributed by atoms with van der Waals surface area (Å²) in [4.78, 5) is 12.7. The second-order valence-corrected chi connectivity index (χ2v) is 6.16. The maximum atomic E-state index is 11.6. The SMILES string of the molecule is CCC(Br)CCNC(=O)c1ccc(Cl)s1. The topological polar surface area (TPSA) is 29.1 Å². The Balaban J connectivity index is 2.31. The number of carbonyl (C=O) groups is 1. The number of nitrogens with one attached hydrogen (secondary N) is 1. The van der Waals surface area contributed by atoms with Gasteiger partial charge in [-0.2, -0.15) is 0 Å². The van der Waals surface area contributed by atoms with Gasteiger partial charge in [-0.25, -0.2) is 0 Å². The van der Waals surface area contributed by atoms with Gasteiger partial charge < -0.3 is 5.32 Å². The summed E-state index contributed by atoms with van der Waals surface area (Å²) in [5, 5.41) is 2.86. The Hall–Kier alpha value is -0.0600. The predicted molar refractivity (Wildman–Crippen MR) is 69.3 cm³/mol. The number of hydrogen-bond donors (Lipinski definition) is 1. The molecule has 0 saturated carbocycles. The molecule has 15 heavy (non-hydrogen) atoms. The summed E-state index contributed by atoms with van der Waals surface area (Å²) in [5.41, 5.74) is 0. The fraction of sp³-hybridized carbons (Fsp3) is 0.500. The fourth-order valence-electron chi connectivity index (χ4n) is 1.07. The van der Waals surface area contributed by atoms with Crippen LogP contribution in [0.3, 0.4) is 0 Å². The summed E-state index contributed by atoms with van der Waals surface area (Å²) < 4.78 is 0.645. The Morgan fingerprint density at radius 3 is 2.93 bits per heavy atom. The van der Waals surface area contributed by atoms with Gasteiger partial charge in [-0.1, -0.05) is 34.5 Å². The van der Waals surface area contributed by atoms with E-state index in [9.17, 15) is 4.79 Å². The first-order chi connectivity index (χ1) is 7.13. The number of alkyl halides is 1. The second kappa shape index (κ2) is 6.51. The van der Waals surface area contributed by atoms with Crippen molar-refractivity contribution >= 4 is 44.8 Å². The number of halogens is 2. The first kappa shape index (κ1) is 13.0. The molecule has 2 nitrogen and oxygen atoms in total. The van der Waals surface area contributed by atoms with Crippen LogP contribution >= 0.6 is 38.9 Å². The molecule has 0 aromatic carbocycles. The van der Waals surface area contributed by atoms with Gasteiger partial charge in [0.25, 0.3) is 5.91 Å². The lowest BCUT2D eigenvalue weighted by Crippen LogP contribution is -2.25. The van der Waals surface area contributed by atoms with E-state index in [0.29, 0.717) is 20.6 Å². The van der Waals surface area contributed by atoms with Gasteiger partial charge in [0.2, 0.25) is 0 Å². The zero-order valence-electron chi connectivity index (χ0n) is 8.43. The Morgan fingerprint density at radius 2 is 2.40 bits per heavy atom. The van der Waals surface area contributed by atoms with Crippen LogP contribution in [0.4, 0.5) is 0 Å². The smallest absolute Gasteiger partial charge is 0.261 e. The zero-order valence-corrected chi connectivity index (χ0v) is 11.6. The molecule has 1 N–H and O–H groups in total. The summed E-state index contributed by atoms with van der Waals surface area (Å²) in [6.45, 7) is 2.80. The lowest BCUT2D eigenvalue weighted by Gasteiger charge is -2.07. The van der Waals surface area contributed by atoms with E-state index in [1.807, 2.05) is 0 Å². The van der Waals surface area contributed by atoms with Crippen molar-refractivity contribution in [2.75, 3.05) is 6.54 Å². The first-order valence-corrected chi connectivity index (χ1v) is 6.92. The highest BCUT2D eigenvalue weighted by atomic mass is 79.9. The standard InChI is InChI=1S/C10H13BrClNOS/c1-2-7(11)5-6-13-10(14)8-3-4-9(12)15-8/h3-4,7H,2,5-6H2,1H3,(H,13,14). The summed E-state index contributed by atoms with van der Waals surface area (Å²) in [5.74, 6) is -0.0392. The zero-order chi connectivity index (χ0) is 11.3. The number of amides is 1. The molecular weight excluding hydrogens is 298 g/mol. The maximum Gasteiger partial charge on any atom is 0.261 e. The minimum absolute atomic E-state index is 0.0392. The van der Waals surface area contributed by atoms with Crippen LogP contribution in [0.15, 0.2) is 12.1 Å². The molecule has 1 aromatic heterocycles. The highest BCUT2D eigenvalue weighted by Crippen LogP contribution is 2.21. The van der Waals surface area contributed by atoms with Gasteiger partial charge in [-0.15, -0.1) is 11.3 Å². The second-order valence-electron chi connectivity index (χ2n) is 3.15. The maximum absolute atomic E-state index is 11.6. The molecule has 0 radical (unpaired) electrons. The molecule has 0 aliphatic rings. The van der Waals surface area contributed by atoms with Crippen molar-refractivity contribution in [1.29, 1.82) is 0 Å². The van der Waals surface area contributed by atoms with Crippen LogP contribution in [0.5, 0.6) is 0 Å². The summed E-state index contributed by atoms with van der Waals surface area (Å²) in [6, 6.07) is 3.48. The molecule has 1 rings (SSSR count). The molecule has 0 aliphatic carbocycles. The third-order valence-corrected chi connectivity index (χ3v) is 4.32. The van der Waals surface area contributed by atoms with E-state index >= 15 is 0 Å². The van der Waals surface area contributed by atoms with Crippen molar-refractivity contribution < 1.29 is 4.79 Å². The Morgan fingerprint density at radius 1 is 1.67 bits per heavy atom. The van der Waals surface area contributed by atoms with Gasteiger partial charge in [0.1, 0.15) is 0 Å². The van der Waals surface area contributed by atoms with Crippen molar-refractivity contribution in [2.45, 2.75) is 24.6 Å². The molecule has 1 atom stereocenters. The van der Waals surface area contributed by atoms with Crippen LogP contribution in [-0.4, -0.2) is 17.3 Å². The highest BCUT2D eigenvalue weighted by molar-refractivity contribution is 9.09. The minimum Gasteiger partial charge on any atom is -0.351 e. The average molecular weight is 311 g/mol. The minimum atomic E-state index is -0.0392. The molecule has 1 unspecified atom stereocenters. The third-order valence-electron chi connectivity index (χ3n) is 1.98. The molecular formula is C10H13BrClNOS. The molecule has 1 aromatic rings. The van der Waals surface area contributed by atoms with Crippen LogP contribution in [0.2, 0.25) is 4.34 Å². The number of thiophene rings is 1. The molecule has 1 amide bonds. The van der Waals surface area contributed by atoms with Crippen LogP contribution in [0.25, 0.3) is 0 Å². The van der Waals surface area contributed by atoms with Crippen LogP contribution < -0.4 is 5.32 Å². The quantitative estimate of drug-likeness (QED) is 0.826. The molecule has 0 spiro atoms. The highest BCUT2D eigenvalue weighted by Gasteiger charge is 2.08. The van der Waals surface area contributed by atoms with Crippen molar-refractivity contribution in [1.82, 2.24) is 5.32 Å². The van der Waals surface area contributed by atoms with E-state index in [1.54, 1.807) is 12.1 Å². The summed E-state index contributed by atoms with van der Waals surface area (Å²) in [7, 11) is 0. The molecule has 5 heteroatoms. The molecule has 0 bridgehead atoms. The summed E-state index contributed by atoms with van der Waals surface area (Å²) in [6.07, 6.45) is 2.02. The van der Waals surface area contributed by atoms with Gasteiger partial charge in [-0.05, 0) is 25.0 Å². The van der Waals surface area contributed by atoms with Crippen LogP contribution in [-0.2, 0) is 0 Å². The van der Waals surface area contributed by atoms with Crippen molar-refractivity contribution in [3.05, 3.63) is 21.3 Å². The van der Waals surface area contributed by atoms with E-state index in [2.05, 4.69) is 28.2 Å². The molecule has 0 saturated heterocycles. The number of rotatable bonds is 5. The lowest BCUT2D eigenvalue weighted by molar-refractivity contribution is 0.0957. The Bertz CT molecular complexity index is 329. The normalized spacial score (nSPS) is 12.5. The summed E-state index contributed by atoms with van der Waals surface area (Å²) >= 11 is 10.6. The third kappa shape index (κ3) is 4.53. The molecule has 0 aliphatic heterocycles. The van der Waals surface area contributed by atoms with Gasteiger partial charge in [-0.3, -0.25) is 4.79 Å². The fourth-order valence-corrected chi connectivity index (χ4v) is 2.26. The first-order valence-electron chi connectivity index (χ1n) is 4.81. The molecule has 0 fully saturated rings. The molecule has 84 valence electrons. The van der Waals surface area contributed by atoms with E-state index in [-0.39, 0.29) is 5.91 Å².